The Morgan fingerprint density at radius 1 is 1.12 bits per heavy atom. The standard InChI is InChI=1S/C21H23N3O2/c1-21(2)13-26-15-24(21)20(25)23-12-19(22-14-23)18-10-6-9-17(11-18)16-7-4-3-5-8-16/h3-11,14,19H,12-13,15H2,1-2H3. The number of carbonyl (C=O) groups excluding carboxylic acids is 1. The molecule has 5 nitrogen and oxygen atoms in total. The molecule has 1 atom stereocenters. The second-order valence-corrected chi connectivity index (χ2v) is 7.42. The van der Waals surface area contributed by atoms with E-state index >= 15 is 0 Å². The van der Waals surface area contributed by atoms with Gasteiger partial charge in [-0.25, -0.2) is 4.79 Å². The quantitative estimate of drug-likeness (QED) is 0.825. The number of ether oxygens (including phenoxy) is 1. The molecule has 2 aromatic rings. The molecule has 0 spiro atoms. The van der Waals surface area contributed by atoms with E-state index in [1.807, 2.05) is 32.0 Å². The van der Waals surface area contributed by atoms with Gasteiger partial charge >= 0.3 is 6.03 Å². The first kappa shape index (κ1) is 16.8. The molecule has 2 amide bonds. The molecule has 2 heterocycles. The van der Waals surface area contributed by atoms with Crippen LogP contribution in [-0.4, -0.2) is 47.6 Å². The van der Waals surface area contributed by atoms with Gasteiger partial charge in [-0.15, -0.1) is 0 Å². The summed E-state index contributed by atoms with van der Waals surface area (Å²) >= 11 is 0. The second-order valence-electron chi connectivity index (χ2n) is 7.42. The number of benzene rings is 2. The molecule has 4 rings (SSSR count). The maximum atomic E-state index is 12.8. The average Bonchev–Trinajstić information content (AvgIpc) is 3.28. The minimum Gasteiger partial charge on any atom is -0.359 e. The number of urea groups is 1. The molecule has 0 aliphatic carbocycles. The zero-order chi connectivity index (χ0) is 18.1. The van der Waals surface area contributed by atoms with Crippen LogP contribution in [0.2, 0.25) is 0 Å². The molecular weight excluding hydrogens is 326 g/mol. The molecule has 26 heavy (non-hydrogen) atoms. The van der Waals surface area contributed by atoms with Crippen LogP contribution in [0.5, 0.6) is 0 Å². The molecule has 1 fully saturated rings. The molecule has 2 aliphatic rings. The fraction of sp³-hybridized carbons (Fsp3) is 0.333. The summed E-state index contributed by atoms with van der Waals surface area (Å²) in [5, 5.41) is 0. The normalized spacial score (nSPS) is 21.4. The molecule has 2 aliphatic heterocycles. The van der Waals surface area contributed by atoms with Gasteiger partial charge in [-0.3, -0.25) is 14.8 Å². The van der Waals surface area contributed by atoms with Crippen molar-refractivity contribution in [3.63, 3.8) is 0 Å². The van der Waals surface area contributed by atoms with E-state index in [1.165, 1.54) is 5.56 Å². The van der Waals surface area contributed by atoms with E-state index in [4.69, 9.17) is 4.74 Å². The topological polar surface area (TPSA) is 45.1 Å². The molecule has 0 radical (unpaired) electrons. The number of aliphatic imine (C=N–C) groups is 1. The molecular formula is C21H23N3O2. The minimum absolute atomic E-state index is 0.0331. The fourth-order valence-electron chi connectivity index (χ4n) is 3.43. The van der Waals surface area contributed by atoms with Gasteiger partial charge in [-0.2, -0.15) is 0 Å². The van der Waals surface area contributed by atoms with Gasteiger partial charge in [0.2, 0.25) is 0 Å². The van der Waals surface area contributed by atoms with Crippen LogP contribution in [0.15, 0.2) is 59.6 Å². The summed E-state index contributed by atoms with van der Waals surface area (Å²) in [6.07, 6.45) is 1.66. The Kier molecular flexibility index (Phi) is 4.24. The van der Waals surface area contributed by atoms with Crippen molar-refractivity contribution >= 4 is 12.4 Å². The van der Waals surface area contributed by atoms with Crippen molar-refractivity contribution in [3.8, 4) is 11.1 Å². The van der Waals surface area contributed by atoms with Crippen LogP contribution in [0.1, 0.15) is 25.5 Å². The molecule has 0 aromatic heterocycles. The first-order chi connectivity index (χ1) is 12.5. The highest BCUT2D eigenvalue weighted by atomic mass is 16.5. The summed E-state index contributed by atoms with van der Waals surface area (Å²) in [7, 11) is 0. The lowest BCUT2D eigenvalue weighted by Crippen LogP contribution is -2.50. The van der Waals surface area contributed by atoms with Crippen LogP contribution in [0.25, 0.3) is 11.1 Å². The van der Waals surface area contributed by atoms with Gasteiger partial charge < -0.3 is 4.74 Å². The Morgan fingerprint density at radius 3 is 2.62 bits per heavy atom. The Balaban J connectivity index is 1.50. The van der Waals surface area contributed by atoms with Crippen LogP contribution in [0.3, 0.4) is 0 Å². The van der Waals surface area contributed by atoms with Gasteiger partial charge in [0.15, 0.2) is 0 Å². The van der Waals surface area contributed by atoms with Gasteiger partial charge in [-0.05, 0) is 36.6 Å². The third-order valence-electron chi connectivity index (χ3n) is 5.02. The van der Waals surface area contributed by atoms with E-state index in [2.05, 4.69) is 41.4 Å². The number of rotatable bonds is 2. The Labute approximate surface area is 153 Å². The summed E-state index contributed by atoms with van der Waals surface area (Å²) in [4.78, 5) is 20.8. The van der Waals surface area contributed by atoms with Crippen LogP contribution >= 0.6 is 0 Å². The van der Waals surface area contributed by atoms with Crippen molar-refractivity contribution in [1.82, 2.24) is 9.80 Å². The van der Waals surface area contributed by atoms with Gasteiger partial charge in [0.05, 0.1) is 31.1 Å². The van der Waals surface area contributed by atoms with Crippen molar-refractivity contribution in [2.75, 3.05) is 19.9 Å². The van der Waals surface area contributed by atoms with E-state index in [9.17, 15) is 4.79 Å². The first-order valence-electron chi connectivity index (χ1n) is 8.89. The Bertz CT molecular complexity index is 832. The van der Waals surface area contributed by atoms with Crippen LogP contribution in [0.4, 0.5) is 4.79 Å². The lowest BCUT2D eigenvalue weighted by atomic mass is 10.00. The predicted molar refractivity (Wildman–Crippen MR) is 102 cm³/mol. The highest BCUT2D eigenvalue weighted by Gasteiger charge is 2.39. The van der Waals surface area contributed by atoms with E-state index < -0.39 is 0 Å². The molecule has 0 N–H and O–H groups in total. The summed E-state index contributed by atoms with van der Waals surface area (Å²) in [5.41, 5.74) is 3.18. The predicted octanol–water partition coefficient (Wildman–Crippen LogP) is 3.93. The number of carbonyl (C=O) groups is 1. The number of amides is 2. The fourth-order valence-corrected chi connectivity index (χ4v) is 3.43. The maximum Gasteiger partial charge on any atom is 0.327 e. The van der Waals surface area contributed by atoms with Crippen molar-refractivity contribution < 1.29 is 9.53 Å². The molecule has 134 valence electrons. The molecule has 1 unspecified atom stereocenters. The lowest BCUT2D eigenvalue weighted by Gasteiger charge is -2.31. The van der Waals surface area contributed by atoms with Crippen molar-refractivity contribution in [2.45, 2.75) is 25.4 Å². The number of hydrogen-bond acceptors (Lipinski definition) is 3. The SMILES string of the molecule is CC1(C)COCN1C(=O)N1C=NC(c2cccc(-c3ccccc3)c2)C1. The average molecular weight is 349 g/mol. The third-order valence-corrected chi connectivity index (χ3v) is 5.02. The zero-order valence-electron chi connectivity index (χ0n) is 15.1. The van der Waals surface area contributed by atoms with E-state index in [1.54, 1.807) is 16.1 Å². The van der Waals surface area contributed by atoms with Gasteiger partial charge in [0.1, 0.15) is 6.73 Å². The van der Waals surface area contributed by atoms with E-state index in [0.29, 0.717) is 19.9 Å². The highest BCUT2D eigenvalue weighted by Crippen LogP contribution is 2.29. The molecule has 0 saturated carbocycles. The summed E-state index contributed by atoms with van der Waals surface area (Å²) in [6.45, 7) is 5.50. The Morgan fingerprint density at radius 2 is 1.88 bits per heavy atom. The van der Waals surface area contributed by atoms with E-state index in [-0.39, 0.29) is 17.6 Å². The molecule has 2 aromatic carbocycles. The largest absolute Gasteiger partial charge is 0.359 e. The molecule has 1 saturated heterocycles. The van der Waals surface area contributed by atoms with Gasteiger partial charge in [0, 0.05) is 0 Å². The smallest absolute Gasteiger partial charge is 0.327 e. The third kappa shape index (κ3) is 3.10. The number of nitrogens with zero attached hydrogens (tertiary/aromatic N) is 3. The van der Waals surface area contributed by atoms with E-state index in [0.717, 1.165) is 11.1 Å². The van der Waals surface area contributed by atoms with Crippen LogP contribution in [-0.2, 0) is 4.74 Å². The van der Waals surface area contributed by atoms with Crippen molar-refractivity contribution in [3.05, 3.63) is 60.2 Å². The van der Waals surface area contributed by atoms with Gasteiger partial charge in [0.25, 0.3) is 0 Å². The molecule has 0 bridgehead atoms. The zero-order valence-corrected chi connectivity index (χ0v) is 15.1. The minimum atomic E-state index is -0.282. The summed E-state index contributed by atoms with van der Waals surface area (Å²) in [5.74, 6) is 0. The Hall–Kier alpha value is -2.66. The lowest BCUT2D eigenvalue weighted by molar-refractivity contribution is 0.126. The van der Waals surface area contributed by atoms with Crippen LogP contribution < -0.4 is 0 Å². The monoisotopic (exact) mass is 349 g/mol. The second kappa shape index (κ2) is 6.57. The summed E-state index contributed by atoms with van der Waals surface area (Å²) in [6, 6.07) is 18.6. The van der Waals surface area contributed by atoms with Crippen molar-refractivity contribution in [1.29, 1.82) is 0 Å². The van der Waals surface area contributed by atoms with Crippen LogP contribution in [0, 0.1) is 0 Å². The molecule has 5 heteroatoms. The first-order valence-corrected chi connectivity index (χ1v) is 8.89. The van der Waals surface area contributed by atoms with Gasteiger partial charge in [-0.1, -0.05) is 48.5 Å². The van der Waals surface area contributed by atoms with Crippen molar-refractivity contribution in [2.24, 2.45) is 4.99 Å². The number of hydrogen-bond donors (Lipinski definition) is 0. The maximum absolute atomic E-state index is 12.8. The summed E-state index contributed by atoms with van der Waals surface area (Å²) < 4.78 is 5.46. The highest BCUT2D eigenvalue weighted by molar-refractivity contribution is 5.88.